The molecule has 2 N–H and O–H groups in total. The van der Waals surface area contributed by atoms with Gasteiger partial charge >= 0.3 is 5.97 Å². The topological polar surface area (TPSA) is 123 Å². The molecule has 0 saturated carbocycles. The van der Waals surface area contributed by atoms with Crippen molar-refractivity contribution in [2.24, 2.45) is 4.99 Å². The fraction of sp³-hybridized carbons (Fsp3) is 0.125. The van der Waals surface area contributed by atoms with Crippen molar-refractivity contribution in [1.29, 1.82) is 0 Å². The number of amides is 1. The first-order valence-electron chi connectivity index (χ1n) is 10.3. The van der Waals surface area contributed by atoms with Gasteiger partial charge < -0.3 is 14.8 Å². The Hall–Kier alpha value is -4.18. The first-order valence-corrected chi connectivity index (χ1v) is 11.8. The smallest absolute Gasteiger partial charge is 0.331 e. The average Bonchev–Trinajstić information content (AvgIpc) is 3.09. The minimum atomic E-state index is -3.72. The van der Waals surface area contributed by atoms with E-state index in [4.69, 9.17) is 9.47 Å². The van der Waals surface area contributed by atoms with E-state index >= 15 is 0 Å². The van der Waals surface area contributed by atoms with E-state index in [1.54, 1.807) is 54.6 Å². The van der Waals surface area contributed by atoms with Gasteiger partial charge in [0.15, 0.2) is 12.4 Å². The van der Waals surface area contributed by atoms with Crippen LogP contribution in [0.3, 0.4) is 0 Å². The number of ether oxygens (including phenoxy) is 2. The van der Waals surface area contributed by atoms with Crippen molar-refractivity contribution in [3.8, 4) is 11.5 Å². The summed E-state index contributed by atoms with van der Waals surface area (Å²) in [7, 11) is -3.72. The molecule has 3 aromatic rings. The van der Waals surface area contributed by atoms with Crippen molar-refractivity contribution < 1.29 is 27.5 Å². The molecule has 34 heavy (non-hydrogen) atoms. The zero-order valence-corrected chi connectivity index (χ0v) is 18.9. The number of amidine groups is 1. The zero-order chi connectivity index (χ0) is 24.1. The summed E-state index contributed by atoms with van der Waals surface area (Å²) in [5.41, 5.74) is 0.785. The molecule has 3 aromatic carbocycles. The lowest BCUT2D eigenvalue weighted by Gasteiger charge is -2.13. The summed E-state index contributed by atoms with van der Waals surface area (Å²) < 4.78 is 37.5. The van der Waals surface area contributed by atoms with Gasteiger partial charge in [-0.3, -0.25) is 14.5 Å². The van der Waals surface area contributed by atoms with Gasteiger partial charge in [-0.25, -0.2) is 13.2 Å². The van der Waals surface area contributed by atoms with Crippen molar-refractivity contribution in [1.82, 2.24) is 4.72 Å². The number of hydrogen-bond acceptors (Lipinski definition) is 7. The molecule has 0 spiro atoms. The predicted octanol–water partition coefficient (Wildman–Crippen LogP) is 3.09. The number of rotatable bonds is 7. The Labute approximate surface area is 196 Å². The number of hydrogen-bond donors (Lipinski definition) is 2. The maximum atomic E-state index is 12.4. The van der Waals surface area contributed by atoms with Crippen LogP contribution in [0.4, 0.5) is 5.69 Å². The van der Waals surface area contributed by atoms with Gasteiger partial charge in [-0.15, -0.1) is 0 Å². The molecule has 9 nitrogen and oxygen atoms in total. The SMILES string of the molecule is C[C@H](N=C1NS(=O)(=O)c2ccccc21)C(=O)OCC(=O)Nc1ccccc1Oc1ccccc1. The van der Waals surface area contributed by atoms with E-state index in [0.29, 0.717) is 22.7 Å². The summed E-state index contributed by atoms with van der Waals surface area (Å²) >= 11 is 0. The number of anilines is 1. The number of sulfonamides is 1. The van der Waals surface area contributed by atoms with E-state index in [1.165, 1.54) is 13.0 Å². The highest BCUT2D eigenvalue weighted by molar-refractivity contribution is 7.90. The van der Waals surface area contributed by atoms with E-state index in [2.05, 4.69) is 15.0 Å². The summed E-state index contributed by atoms with van der Waals surface area (Å²) in [6, 6.07) is 21.2. The second-order valence-electron chi connectivity index (χ2n) is 7.32. The highest BCUT2D eigenvalue weighted by Gasteiger charge is 2.31. The molecule has 4 rings (SSSR count). The Morgan fingerprint density at radius 3 is 2.44 bits per heavy atom. The van der Waals surface area contributed by atoms with E-state index in [0.717, 1.165) is 0 Å². The molecule has 10 heteroatoms. The number of nitrogens with one attached hydrogen (secondary N) is 2. The van der Waals surface area contributed by atoms with Crippen LogP contribution in [0.25, 0.3) is 0 Å². The number of fused-ring (bicyclic) bond motifs is 1. The van der Waals surface area contributed by atoms with E-state index in [9.17, 15) is 18.0 Å². The van der Waals surface area contributed by atoms with Gasteiger partial charge in [-0.05, 0) is 43.3 Å². The average molecular weight is 480 g/mol. The Balaban J connectivity index is 1.36. The molecule has 1 aliphatic heterocycles. The lowest BCUT2D eigenvalue weighted by atomic mass is 10.2. The van der Waals surface area contributed by atoms with Crippen molar-refractivity contribution >= 4 is 33.4 Å². The van der Waals surface area contributed by atoms with Crippen LogP contribution in [0.5, 0.6) is 11.5 Å². The monoisotopic (exact) mass is 479 g/mol. The molecule has 0 aliphatic carbocycles. The minimum absolute atomic E-state index is 0.0523. The lowest BCUT2D eigenvalue weighted by Crippen LogP contribution is -2.28. The van der Waals surface area contributed by atoms with Crippen molar-refractivity contribution in [3.63, 3.8) is 0 Å². The number of esters is 1. The fourth-order valence-electron chi connectivity index (χ4n) is 3.19. The third kappa shape index (κ3) is 5.24. The lowest BCUT2D eigenvalue weighted by molar-refractivity contribution is -0.148. The molecule has 1 amide bonds. The van der Waals surface area contributed by atoms with Crippen LogP contribution < -0.4 is 14.8 Å². The minimum Gasteiger partial charge on any atom is -0.455 e. The largest absolute Gasteiger partial charge is 0.455 e. The molecule has 1 aliphatic rings. The van der Waals surface area contributed by atoms with Gasteiger partial charge in [-0.1, -0.05) is 42.5 Å². The fourth-order valence-corrected chi connectivity index (χ4v) is 4.43. The number of benzene rings is 3. The Bertz CT molecular complexity index is 1360. The van der Waals surface area contributed by atoms with Crippen LogP contribution in [-0.2, 0) is 24.3 Å². The quantitative estimate of drug-likeness (QED) is 0.502. The highest BCUT2D eigenvalue weighted by atomic mass is 32.2. The summed E-state index contributed by atoms with van der Waals surface area (Å²) in [5.74, 6) is -0.256. The normalized spacial score (nSPS) is 15.6. The third-order valence-corrected chi connectivity index (χ3v) is 6.20. The van der Waals surface area contributed by atoms with Crippen LogP contribution in [0.15, 0.2) is 88.8 Å². The van der Waals surface area contributed by atoms with Gasteiger partial charge in [0.05, 0.1) is 10.6 Å². The molecule has 174 valence electrons. The van der Waals surface area contributed by atoms with Crippen LogP contribution in [-0.4, -0.2) is 38.8 Å². The molecular weight excluding hydrogens is 458 g/mol. The second-order valence-corrected chi connectivity index (χ2v) is 8.97. The number of nitrogens with zero attached hydrogens (tertiary/aromatic N) is 1. The van der Waals surface area contributed by atoms with Crippen LogP contribution >= 0.6 is 0 Å². The van der Waals surface area contributed by atoms with Crippen LogP contribution in [0, 0.1) is 0 Å². The van der Waals surface area contributed by atoms with E-state index in [-0.39, 0.29) is 10.7 Å². The van der Waals surface area contributed by atoms with Crippen LogP contribution in [0.1, 0.15) is 12.5 Å². The van der Waals surface area contributed by atoms with Gasteiger partial charge in [0.25, 0.3) is 15.9 Å². The predicted molar refractivity (Wildman–Crippen MR) is 125 cm³/mol. The maximum Gasteiger partial charge on any atom is 0.331 e. The molecule has 0 radical (unpaired) electrons. The zero-order valence-electron chi connectivity index (χ0n) is 18.1. The van der Waals surface area contributed by atoms with Crippen molar-refractivity contribution in [3.05, 3.63) is 84.4 Å². The molecule has 1 atom stereocenters. The molecule has 0 saturated heterocycles. The Kier molecular flexibility index (Phi) is 6.60. The molecule has 0 aromatic heterocycles. The van der Waals surface area contributed by atoms with Crippen molar-refractivity contribution in [2.75, 3.05) is 11.9 Å². The van der Waals surface area contributed by atoms with E-state index in [1.807, 2.05) is 18.2 Å². The molecule has 0 fully saturated rings. The number of para-hydroxylation sites is 3. The number of aliphatic imine (C=N–C) groups is 1. The summed E-state index contributed by atoms with van der Waals surface area (Å²) in [4.78, 5) is 28.9. The van der Waals surface area contributed by atoms with Gasteiger partial charge in [-0.2, -0.15) is 0 Å². The second kappa shape index (κ2) is 9.75. The summed E-state index contributed by atoms with van der Waals surface area (Å²) in [6.07, 6.45) is 0. The van der Waals surface area contributed by atoms with Crippen molar-refractivity contribution in [2.45, 2.75) is 17.9 Å². The standard InChI is InChI=1S/C24H21N3O6S/c1-16(25-23-18-11-5-8-14-21(18)34(30,31)27-23)24(29)32-15-22(28)26-19-12-6-7-13-20(19)33-17-9-3-2-4-10-17/h2-14,16H,15H2,1H3,(H,25,27)(H,26,28)/t16-/m0/s1. The highest BCUT2D eigenvalue weighted by Crippen LogP contribution is 2.29. The maximum absolute atomic E-state index is 12.4. The number of carbonyl (C=O) groups excluding carboxylic acids is 2. The Morgan fingerprint density at radius 1 is 0.971 bits per heavy atom. The molecule has 1 heterocycles. The van der Waals surface area contributed by atoms with Gasteiger partial charge in [0.2, 0.25) is 0 Å². The van der Waals surface area contributed by atoms with Crippen LogP contribution in [0.2, 0.25) is 0 Å². The molecule has 0 bridgehead atoms. The van der Waals surface area contributed by atoms with Gasteiger partial charge in [0, 0.05) is 5.56 Å². The molecule has 0 unspecified atom stereocenters. The first-order chi connectivity index (χ1) is 16.3. The van der Waals surface area contributed by atoms with Gasteiger partial charge in [0.1, 0.15) is 17.6 Å². The third-order valence-electron chi connectivity index (χ3n) is 4.80. The Morgan fingerprint density at radius 2 is 1.65 bits per heavy atom. The molecular formula is C24H21N3O6S. The van der Waals surface area contributed by atoms with E-state index < -0.39 is 34.5 Å². The number of carbonyl (C=O) groups is 2. The summed E-state index contributed by atoms with van der Waals surface area (Å²) in [6.45, 7) is 0.904. The summed E-state index contributed by atoms with van der Waals surface area (Å²) in [5, 5.41) is 2.65. The first kappa shape index (κ1) is 23.0.